The van der Waals surface area contributed by atoms with E-state index in [0.717, 1.165) is 27.6 Å². The summed E-state index contributed by atoms with van der Waals surface area (Å²) in [7, 11) is -3.68. The summed E-state index contributed by atoms with van der Waals surface area (Å²) in [6.07, 6.45) is 2.35. The van der Waals surface area contributed by atoms with Crippen LogP contribution < -0.4 is 26.0 Å². The molecule has 6 N–H and O–H groups in total. The van der Waals surface area contributed by atoms with Crippen molar-refractivity contribution in [2.75, 3.05) is 55.3 Å². The van der Waals surface area contributed by atoms with E-state index >= 15 is 0 Å². The maximum absolute atomic E-state index is 13.7. The Morgan fingerprint density at radius 1 is 0.884 bits per heavy atom. The Kier molecular flexibility index (Phi) is 14.4. The van der Waals surface area contributed by atoms with Crippen molar-refractivity contribution in [2.45, 2.75) is 56.4 Å². The number of amides is 5. The Bertz CT molecular complexity index is 2870. The summed E-state index contributed by atoms with van der Waals surface area (Å²) >= 11 is 7.37. The lowest BCUT2D eigenvalue weighted by atomic mass is 9.93. The van der Waals surface area contributed by atoms with Crippen LogP contribution in [0.1, 0.15) is 74.5 Å². The molecule has 0 spiro atoms. The van der Waals surface area contributed by atoms with Crippen LogP contribution in [-0.2, 0) is 35.0 Å². The first-order chi connectivity index (χ1) is 33.0. The number of imide groups is 2. The number of nitrogens with zero attached hydrogens (tertiary/aromatic N) is 3. The third-order valence-electron chi connectivity index (χ3n) is 12.5. The summed E-state index contributed by atoms with van der Waals surface area (Å²) in [4.78, 5) is 89.9. The quantitative estimate of drug-likeness (QED) is 0.0732. The highest BCUT2D eigenvalue weighted by Gasteiger charge is 2.46. The third kappa shape index (κ3) is 10.8. The summed E-state index contributed by atoms with van der Waals surface area (Å²) in [5.41, 5.74) is 3.83. The van der Waals surface area contributed by atoms with Crippen molar-refractivity contribution in [1.29, 1.82) is 0 Å². The highest BCUT2D eigenvalue weighted by atomic mass is 35.5. The number of carboxylic acid groups (broad SMARTS) is 2. The highest BCUT2D eigenvalue weighted by molar-refractivity contribution is 7.88. The molecule has 5 heterocycles. The van der Waals surface area contributed by atoms with Gasteiger partial charge in [-0.15, -0.1) is 11.3 Å². The van der Waals surface area contributed by atoms with Gasteiger partial charge in [-0.25, -0.2) is 22.3 Å². The number of likely N-dealkylation sites (tertiary alicyclic amines) is 1. The largest absolute Gasteiger partial charge is 0.479 e. The average Bonchev–Trinajstić information content (AvgIpc) is 3.79. The van der Waals surface area contributed by atoms with E-state index in [-0.39, 0.29) is 69.8 Å². The Balaban J connectivity index is 0.792. The lowest BCUT2D eigenvalue weighted by Crippen LogP contribution is -2.54. The first-order valence-corrected chi connectivity index (χ1v) is 24.9. The number of carboxylic acids is 2. The number of allylic oxidation sites excluding steroid dienone is 1. The SMILES string of the molecule is C=C(Nc1cccc(CS(=O)(=O)N2CCC(Nc3cccc(-c4sc(C(=O)O)c(OCC(=O)O)c4Cl)c3)CC2)c1)C1CCN(C(=O)CNc2cccc3c2C(=O)N(C2CCC(=O)NC2=O)C3=O)CC1. The van der Waals surface area contributed by atoms with Crippen LogP contribution in [0.15, 0.2) is 79.0 Å². The molecule has 22 heteroatoms. The van der Waals surface area contributed by atoms with E-state index in [2.05, 4.69) is 27.8 Å². The molecule has 4 aromatic rings. The molecule has 362 valence electrons. The molecule has 0 saturated carbocycles. The molecule has 19 nitrogen and oxygen atoms in total. The maximum atomic E-state index is 13.7. The van der Waals surface area contributed by atoms with Crippen molar-refractivity contribution in [3.8, 4) is 16.2 Å². The zero-order valence-electron chi connectivity index (χ0n) is 37.0. The van der Waals surface area contributed by atoms with Crippen LogP contribution in [0, 0.1) is 5.92 Å². The van der Waals surface area contributed by atoms with Crippen LogP contribution in [0.3, 0.4) is 0 Å². The molecule has 3 fully saturated rings. The second kappa shape index (κ2) is 20.4. The van der Waals surface area contributed by atoms with E-state index in [9.17, 15) is 47.1 Å². The van der Waals surface area contributed by atoms with Crippen molar-refractivity contribution >= 4 is 91.5 Å². The number of fused-ring (bicyclic) bond motifs is 1. The lowest BCUT2D eigenvalue weighted by molar-refractivity contribution is -0.139. The molecule has 5 amide bonds. The second-order valence-corrected chi connectivity index (χ2v) is 20.4. The molecular formula is C47H48ClN7O12S2. The van der Waals surface area contributed by atoms with Crippen molar-refractivity contribution in [2.24, 2.45) is 5.92 Å². The monoisotopic (exact) mass is 1000 g/mol. The second-order valence-electron chi connectivity index (χ2n) is 17.1. The lowest BCUT2D eigenvalue weighted by Gasteiger charge is -2.33. The number of aromatic carboxylic acids is 1. The molecule has 0 radical (unpaired) electrons. The van der Waals surface area contributed by atoms with Crippen molar-refractivity contribution in [3.63, 3.8) is 0 Å². The third-order valence-corrected chi connectivity index (χ3v) is 16.0. The van der Waals surface area contributed by atoms with Gasteiger partial charge in [0.15, 0.2) is 17.2 Å². The molecule has 1 aromatic heterocycles. The van der Waals surface area contributed by atoms with Gasteiger partial charge in [-0.1, -0.05) is 48.5 Å². The van der Waals surface area contributed by atoms with Gasteiger partial charge in [0.2, 0.25) is 27.7 Å². The topological polar surface area (TPSA) is 261 Å². The average molecular weight is 1000 g/mol. The van der Waals surface area contributed by atoms with Gasteiger partial charge in [0.25, 0.3) is 11.8 Å². The number of rotatable bonds is 17. The first kappa shape index (κ1) is 48.6. The smallest absolute Gasteiger partial charge is 0.349 e. The Labute approximate surface area is 405 Å². The number of ether oxygens (including phenoxy) is 1. The van der Waals surface area contributed by atoms with Gasteiger partial charge in [0, 0.05) is 67.3 Å². The number of benzene rings is 3. The molecule has 3 saturated heterocycles. The first-order valence-electron chi connectivity index (χ1n) is 22.1. The number of carbonyl (C=O) groups excluding carboxylic acids is 5. The molecule has 69 heavy (non-hydrogen) atoms. The molecular weight excluding hydrogens is 954 g/mol. The van der Waals surface area contributed by atoms with Crippen LogP contribution in [0.2, 0.25) is 5.02 Å². The number of nitrogens with one attached hydrogen (secondary N) is 4. The van der Waals surface area contributed by atoms with Gasteiger partial charge in [-0.05, 0) is 79.6 Å². The Morgan fingerprint density at radius 2 is 1.59 bits per heavy atom. The standard InChI is InChI=1S/C47H48ClN7O12S2/c1-26(28-13-17-53(18-14-28)37(57)23-49-34-10-4-9-33-39(34)46(62)55(45(33)61)35-11-12-36(56)52-44(35)60)50-31-7-2-5-27(21-31)25-69(65,66)54-19-15-30(16-20-54)51-32-8-3-6-29(22-32)42-40(48)41(67-24-38(58)59)43(68-42)47(63)64/h2-10,21-22,28,30,35,49-51H,1,11-20,23-25H2,(H,58,59)(H,63,64)(H,52,56,60). The van der Waals surface area contributed by atoms with Gasteiger partial charge >= 0.3 is 11.9 Å². The Hall–Kier alpha value is -6.81. The van der Waals surface area contributed by atoms with E-state index < -0.39 is 58.2 Å². The minimum Gasteiger partial charge on any atom is -0.479 e. The van der Waals surface area contributed by atoms with Gasteiger partial charge < -0.3 is 35.8 Å². The molecule has 3 aromatic carbocycles. The fourth-order valence-corrected chi connectivity index (χ4v) is 12.0. The minimum absolute atomic E-state index is 0.00101. The number of anilines is 3. The molecule has 1 atom stereocenters. The normalized spacial score (nSPS) is 18.1. The van der Waals surface area contributed by atoms with Crippen LogP contribution in [0.5, 0.6) is 5.75 Å². The van der Waals surface area contributed by atoms with Gasteiger partial charge in [0.1, 0.15) is 11.1 Å². The fourth-order valence-electron chi connectivity index (χ4n) is 9.00. The summed E-state index contributed by atoms with van der Waals surface area (Å²) in [6.45, 7) is 4.87. The fraction of sp³-hybridized carbons (Fsp3) is 0.340. The highest BCUT2D eigenvalue weighted by Crippen LogP contribution is 2.46. The van der Waals surface area contributed by atoms with Crippen LogP contribution >= 0.6 is 22.9 Å². The zero-order chi connectivity index (χ0) is 49.1. The van der Waals surface area contributed by atoms with Crippen molar-refractivity contribution < 1.29 is 56.9 Å². The zero-order valence-corrected chi connectivity index (χ0v) is 39.4. The van der Waals surface area contributed by atoms with E-state index in [1.807, 2.05) is 12.1 Å². The number of aliphatic carboxylic acids is 1. The number of piperidine rings is 3. The summed E-state index contributed by atoms with van der Waals surface area (Å²) in [6, 6.07) is 17.9. The molecule has 0 bridgehead atoms. The molecule has 4 aliphatic rings. The molecule has 0 aliphatic carbocycles. The van der Waals surface area contributed by atoms with E-state index in [1.165, 1.54) is 10.4 Å². The van der Waals surface area contributed by atoms with Crippen LogP contribution in [0.4, 0.5) is 17.1 Å². The summed E-state index contributed by atoms with van der Waals surface area (Å²) in [5, 5.41) is 30.7. The minimum atomic E-state index is -3.68. The van der Waals surface area contributed by atoms with Crippen LogP contribution in [-0.4, -0.2) is 126 Å². The number of hydrogen-bond acceptors (Lipinski definition) is 14. The maximum Gasteiger partial charge on any atom is 0.349 e. The molecule has 4 aliphatic heterocycles. The van der Waals surface area contributed by atoms with Crippen molar-refractivity contribution in [1.82, 2.24) is 19.4 Å². The number of hydrogen-bond donors (Lipinski definition) is 6. The molecule has 1 unspecified atom stereocenters. The van der Waals surface area contributed by atoms with Crippen molar-refractivity contribution in [3.05, 3.63) is 106 Å². The number of thiophene rings is 1. The number of carbonyl (C=O) groups is 7. The van der Waals surface area contributed by atoms with Gasteiger partial charge in [0.05, 0.1) is 28.3 Å². The predicted molar refractivity (Wildman–Crippen MR) is 256 cm³/mol. The van der Waals surface area contributed by atoms with Gasteiger partial charge in [-0.2, -0.15) is 0 Å². The Morgan fingerprint density at radius 3 is 2.30 bits per heavy atom. The molecule has 8 rings (SSSR count). The van der Waals surface area contributed by atoms with E-state index in [4.69, 9.17) is 21.4 Å². The predicted octanol–water partition coefficient (Wildman–Crippen LogP) is 5.31. The number of sulfonamides is 1. The van der Waals surface area contributed by atoms with E-state index in [1.54, 1.807) is 53.4 Å². The van der Waals surface area contributed by atoms with Gasteiger partial charge in [-0.3, -0.25) is 34.2 Å². The summed E-state index contributed by atoms with van der Waals surface area (Å²) < 4.78 is 34.0. The summed E-state index contributed by atoms with van der Waals surface area (Å²) in [5.74, 6) is -5.62. The van der Waals surface area contributed by atoms with Crippen LogP contribution in [0.25, 0.3) is 10.4 Å². The van der Waals surface area contributed by atoms with E-state index in [0.29, 0.717) is 79.2 Å². The number of halogens is 1.